The Kier molecular flexibility index (Phi) is 9.05. The Hall–Kier alpha value is -1.54. The van der Waals surface area contributed by atoms with E-state index in [1.54, 1.807) is 35.9 Å². The van der Waals surface area contributed by atoms with Crippen LogP contribution in [0.5, 0.6) is 0 Å². The minimum atomic E-state index is -2.68. The summed E-state index contributed by atoms with van der Waals surface area (Å²) in [5, 5.41) is 0. The first kappa shape index (κ1) is 25.1. The third-order valence-corrected chi connectivity index (χ3v) is 25.6. The zero-order valence-electron chi connectivity index (χ0n) is 19.8. The fourth-order valence-electron chi connectivity index (χ4n) is 4.45. The van der Waals surface area contributed by atoms with Gasteiger partial charge in [-0.3, -0.25) is 0 Å². The number of Topliss-reactive ketones (excluding diaryl/α,β-unsaturated/α-hetero) is 1. The van der Waals surface area contributed by atoms with Crippen LogP contribution in [0.15, 0.2) is 30.7 Å². The van der Waals surface area contributed by atoms with Crippen molar-refractivity contribution in [2.75, 3.05) is 0 Å². The molecule has 0 aliphatic rings. The Morgan fingerprint density at radius 3 is 2.16 bits per heavy atom. The maximum absolute atomic E-state index is 13.3. The molecule has 3 rings (SSSR count). The van der Waals surface area contributed by atoms with Gasteiger partial charge in [0.2, 0.25) is 0 Å². The first-order chi connectivity index (χ1) is 15.5. The Morgan fingerprint density at radius 1 is 1.03 bits per heavy atom. The van der Waals surface area contributed by atoms with Gasteiger partial charge in [-0.1, -0.05) is 0 Å². The third-order valence-electron chi connectivity index (χ3n) is 6.32. The van der Waals surface area contributed by atoms with E-state index >= 15 is 0 Å². The number of fused-ring (bicyclic) bond motifs is 1. The number of imidazole rings is 1. The number of thiazole rings is 1. The van der Waals surface area contributed by atoms with Gasteiger partial charge in [0, 0.05) is 0 Å². The number of carbonyl (C=O) groups is 2. The van der Waals surface area contributed by atoms with Crippen molar-refractivity contribution in [3.8, 4) is 0 Å². The molecule has 0 aliphatic heterocycles. The van der Waals surface area contributed by atoms with Crippen LogP contribution in [0.1, 0.15) is 92.9 Å². The Balaban J connectivity index is 2.16. The third kappa shape index (κ3) is 5.33. The summed E-state index contributed by atoms with van der Waals surface area (Å²) in [5.41, 5.74) is 0.899. The van der Waals surface area contributed by atoms with Crippen LogP contribution >= 0.6 is 11.3 Å². The van der Waals surface area contributed by atoms with Gasteiger partial charge in [-0.25, -0.2) is 0 Å². The van der Waals surface area contributed by atoms with Crippen LogP contribution in [-0.2, 0) is 0 Å². The van der Waals surface area contributed by atoms with Gasteiger partial charge in [0.05, 0.1) is 0 Å². The molecule has 172 valence electrons. The van der Waals surface area contributed by atoms with E-state index < -0.39 is 18.4 Å². The molecule has 3 aromatic heterocycles. The molecule has 5 nitrogen and oxygen atoms in total. The molecule has 0 unspecified atom stereocenters. The predicted molar refractivity (Wildman–Crippen MR) is 135 cm³/mol. The second kappa shape index (κ2) is 11.5. The van der Waals surface area contributed by atoms with Gasteiger partial charge in [-0.15, -0.1) is 0 Å². The van der Waals surface area contributed by atoms with E-state index in [2.05, 4.69) is 36.9 Å². The Bertz CT molecular complexity index is 1040. The number of carbonyl (C=O) groups excluding carboxylic acids is 2. The molecule has 0 amide bonds. The van der Waals surface area contributed by atoms with Crippen molar-refractivity contribution in [3.63, 3.8) is 0 Å². The summed E-state index contributed by atoms with van der Waals surface area (Å²) in [5.74, 6) is 0.107. The number of unbranched alkanes of at least 4 members (excludes halogenated alkanes) is 3. The first-order valence-corrected chi connectivity index (χ1v) is 20.2. The average molecular weight is 560 g/mol. The van der Waals surface area contributed by atoms with E-state index in [1.807, 2.05) is 4.40 Å². The molecule has 0 radical (unpaired) electrons. The first-order valence-electron chi connectivity index (χ1n) is 12.0. The number of ketones is 2. The minimum absolute atomic E-state index is 0.105. The molecule has 0 aromatic carbocycles. The van der Waals surface area contributed by atoms with Crippen molar-refractivity contribution in [2.45, 2.75) is 79.5 Å². The van der Waals surface area contributed by atoms with E-state index in [0.717, 1.165) is 4.83 Å². The summed E-state index contributed by atoms with van der Waals surface area (Å²) < 4.78 is 7.47. The van der Waals surface area contributed by atoms with E-state index in [1.165, 1.54) is 61.7 Å². The average Bonchev–Trinajstić information content (AvgIpc) is 3.39. The van der Waals surface area contributed by atoms with Gasteiger partial charge in [0.1, 0.15) is 0 Å². The van der Waals surface area contributed by atoms with Crippen molar-refractivity contribution in [3.05, 3.63) is 47.8 Å². The molecule has 0 spiro atoms. The number of hydrogen-bond acceptors (Lipinski definition) is 5. The normalized spacial score (nSPS) is 11.9. The van der Waals surface area contributed by atoms with E-state index in [9.17, 15) is 9.59 Å². The molecule has 0 saturated heterocycles. The van der Waals surface area contributed by atoms with Crippen LogP contribution < -0.4 is 2.89 Å². The van der Waals surface area contributed by atoms with Gasteiger partial charge < -0.3 is 0 Å². The van der Waals surface area contributed by atoms with Crippen LogP contribution in [0, 0.1) is 0 Å². The molecule has 7 heteroatoms. The predicted octanol–water partition coefficient (Wildman–Crippen LogP) is 6.28. The standard InChI is InChI=1S/C13H8N3O2S.3C4H9.Sn/c1-8(17)12-15-10(13-16(12)5-6-19-13)11(18)9-3-2-4-14-7-9;3*1-3-4-2;/h2-5,7H,1H3;3*1,3-4H2,2H3;. The monoisotopic (exact) mass is 561 g/mol. The molecule has 3 heterocycles. The molecular formula is C25H35N3O2SSn. The molecule has 32 heavy (non-hydrogen) atoms. The number of nitrogens with zero attached hydrogens (tertiary/aromatic N) is 3. The molecule has 0 fully saturated rings. The molecular weight excluding hydrogens is 525 g/mol. The van der Waals surface area contributed by atoms with Crippen LogP contribution in [-0.4, -0.2) is 44.3 Å². The fourth-order valence-corrected chi connectivity index (χ4v) is 24.5. The van der Waals surface area contributed by atoms with Crippen LogP contribution in [0.25, 0.3) is 4.83 Å². The molecule has 0 N–H and O–H groups in total. The van der Waals surface area contributed by atoms with Crippen molar-refractivity contribution in [1.82, 2.24) is 14.4 Å². The zero-order chi connectivity index (χ0) is 23.1. The molecule has 0 bridgehead atoms. The van der Waals surface area contributed by atoms with Gasteiger partial charge in [-0.05, 0) is 0 Å². The van der Waals surface area contributed by atoms with Crippen molar-refractivity contribution in [1.29, 1.82) is 0 Å². The van der Waals surface area contributed by atoms with Crippen molar-refractivity contribution >= 4 is 49.0 Å². The number of pyridine rings is 1. The van der Waals surface area contributed by atoms with Gasteiger partial charge in [0.25, 0.3) is 0 Å². The molecule has 0 aliphatic carbocycles. The van der Waals surface area contributed by atoms with E-state index in [0.29, 0.717) is 17.1 Å². The summed E-state index contributed by atoms with van der Waals surface area (Å²) >= 11 is -0.936. The maximum atomic E-state index is 13.3. The quantitative estimate of drug-likeness (QED) is 0.182. The van der Waals surface area contributed by atoms with Gasteiger partial charge >= 0.3 is 200 Å². The second-order valence-electron chi connectivity index (χ2n) is 8.77. The number of rotatable bonds is 13. The zero-order valence-corrected chi connectivity index (χ0v) is 23.5. The Labute approximate surface area is 199 Å². The fraction of sp³-hybridized carbons (Fsp3) is 0.520. The van der Waals surface area contributed by atoms with Crippen LogP contribution in [0.3, 0.4) is 0 Å². The summed E-state index contributed by atoms with van der Waals surface area (Å²) in [6, 6.07) is 3.52. The Morgan fingerprint density at radius 2 is 1.66 bits per heavy atom. The van der Waals surface area contributed by atoms with Crippen LogP contribution in [0.4, 0.5) is 0 Å². The molecule has 0 atom stereocenters. The van der Waals surface area contributed by atoms with E-state index in [4.69, 9.17) is 0 Å². The van der Waals surface area contributed by atoms with Crippen molar-refractivity contribution < 1.29 is 9.59 Å². The number of hydrogen-bond donors (Lipinski definition) is 0. The summed E-state index contributed by atoms with van der Waals surface area (Å²) in [6.07, 6.45) is 12.9. The van der Waals surface area contributed by atoms with Crippen molar-refractivity contribution in [2.24, 2.45) is 0 Å². The molecule has 3 aromatic rings. The van der Waals surface area contributed by atoms with E-state index in [-0.39, 0.29) is 11.6 Å². The summed E-state index contributed by atoms with van der Waals surface area (Å²) in [4.78, 5) is 35.1. The summed E-state index contributed by atoms with van der Waals surface area (Å²) in [7, 11) is 0. The summed E-state index contributed by atoms with van der Waals surface area (Å²) in [6.45, 7) is 8.36. The van der Waals surface area contributed by atoms with Gasteiger partial charge in [-0.2, -0.15) is 0 Å². The second-order valence-corrected chi connectivity index (χ2v) is 24.0. The topological polar surface area (TPSA) is 64.3 Å². The van der Waals surface area contributed by atoms with Crippen LogP contribution in [0.2, 0.25) is 13.3 Å². The number of aromatic nitrogens is 3. The molecule has 0 saturated carbocycles. The SMILES string of the molecule is CCC[CH2][Sn]([CH2]CCC)([CH2]CCC)[c]1cn2c(C(C)=O)nc(C(=O)c3cccnc3)c2s1. The van der Waals surface area contributed by atoms with Gasteiger partial charge in [0.15, 0.2) is 0 Å².